The highest BCUT2D eigenvalue weighted by Gasteiger charge is 2.20. The normalized spacial score (nSPS) is 10.8. The van der Waals surface area contributed by atoms with Gasteiger partial charge in [-0.3, -0.25) is 9.59 Å². The highest BCUT2D eigenvalue weighted by atomic mass is 16.5. The lowest BCUT2D eigenvalue weighted by molar-refractivity contribution is -0.137. The van der Waals surface area contributed by atoms with Gasteiger partial charge in [-0.2, -0.15) is 4.80 Å². The van der Waals surface area contributed by atoms with E-state index >= 15 is 0 Å². The summed E-state index contributed by atoms with van der Waals surface area (Å²) >= 11 is 0. The molecule has 2 aromatic carbocycles. The minimum absolute atomic E-state index is 0.0525. The first-order chi connectivity index (χ1) is 16.9. The fraction of sp³-hybridized carbons (Fsp3) is 0.400. The van der Waals surface area contributed by atoms with Crippen LogP contribution in [-0.2, 0) is 22.7 Å². The molecule has 0 unspecified atom stereocenters. The van der Waals surface area contributed by atoms with Crippen molar-refractivity contribution in [3.8, 4) is 22.9 Å². The van der Waals surface area contributed by atoms with E-state index in [2.05, 4.69) is 34.6 Å². The van der Waals surface area contributed by atoms with Gasteiger partial charge in [-0.15, -0.1) is 10.2 Å². The van der Waals surface area contributed by atoms with E-state index in [0.29, 0.717) is 41.9 Å². The predicted octanol–water partition coefficient (Wildman–Crippen LogP) is 2.55. The van der Waals surface area contributed by atoms with Crippen molar-refractivity contribution < 1.29 is 19.1 Å². The number of tetrazole rings is 1. The number of nitrogens with zero attached hydrogens (tertiary/aromatic N) is 5. The largest absolute Gasteiger partial charge is 0.493 e. The summed E-state index contributed by atoms with van der Waals surface area (Å²) in [4.78, 5) is 28.4. The number of hydrogen-bond acceptors (Lipinski definition) is 7. The molecule has 1 heterocycles. The molecule has 0 saturated carbocycles. The van der Waals surface area contributed by atoms with E-state index in [9.17, 15) is 9.59 Å². The smallest absolute Gasteiger partial charge is 0.247 e. The van der Waals surface area contributed by atoms with Gasteiger partial charge in [0.25, 0.3) is 0 Å². The van der Waals surface area contributed by atoms with Crippen molar-refractivity contribution in [3.05, 3.63) is 54.1 Å². The van der Waals surface area contributed by atoms with Crippen LogP contribution in [0.1, 0.15) is 25.8 Å². The number of amides is 2. The minimum Gasteiger partial charge on any atom is -0.493 e. The fourth-order valence-electron chi connectivity index (χ4n) is 3.39. The summed E-state index contributed by atoms with van der Waals surface area (Å²) in [7, 11) is 3.11. The average molecular weight is 481 g/mol. The first-order valence-electron chi connectivity index (χ1n) is 11.5. The standard InChI is InChI=1S/C25H32N6O4/c1-18(2)12-13-26-23(32)16-30(15-19-8-6-5-7-9-19)24(33)17-31-28-25(27-29-31)20-10-11-21(34-3)22(14-20)35-4/h5-11,14,18H,12-13,15-17H2,1-4H3,(H,26,32). The van der Waals surface area contributed by atoms with Crippen molar-refractivity contribution in [2.45, 2.75) is 33.4 Å². The number of ether oxygens (including phenoxy) is 2. The third-order valence-corrected chi connectivity index (χ3v) is 5.32. The van der Waals surface area contributed by atoms with Gasteiger partial charge in [0.1, 0.15) is 6.54 Å². The van der Waals surface area contributed by atoms with Crippen LogP contribution in [0.25, 0.3) is 11.4 Å². The molecule has 0 saturated heterocycles. The molecule has 0 spiro atoms. The molecule has 10 nitrogen and oxygen atoms in total. The number of rotatable bonds is 12. The number of methoxy groups -OCH3 is 2. The third-order valence-electron chi connectivity index (χ3n) is 5.32. The Morgan fingerprint density at radius 2 is 1.80 bits per heavy atom. The average Bonchev–Trinajstić information content (AvgIpc) is 3.32. The second-order valence-electron chi connectivity index (χ2n) is 8.48. The molecule has 2 amide bonds. The molecule has 186 valence electrons. The van der Waals surface area contributed by atoms with Crippen LogP contribution in [0.4, 0.5) is 0 Å². The van der Waals surface area contributed by atoms with E-state index in [-0.39, 0.29) is 24.9 Å². The maximum absolute atomic E-state index is 13.1. The van der Waals surface area contributed by atoms with E-state index in [0.717, 1.165) is 12.0 Å². The SMILES string of the molecule is COc1ccc(-c2nnn(CC(=O)N(CC(=O)NCCC(C)C)Cc3ccccc3)n2)cc1OC. The number of hydrogen-bond donors (Lipinski definition) is 1. The molecule has 0 aliphatic carbocycles. The monoisotopic (exact) mass is 480 g/mol. The Morgan fingerprint density at radius 1 is 1.06 bits per heavy atom. The Labute approximate surface area is 205 Å². The minimum atomic E-state index is -0.288. The van der Waals surface area contributed by atoms with Gasteiger partial charge in [0, 0.05) is 18.7 Å². The van der Waals surface area contributed by atoms with Crippen LogP contribution in [0.2, 0.25) is 0 Å². The first-order valence-corrected chi connectivity index (χ1v) is 11.5. The van der Waals surface area contributed by atoms with Crippen molar-refractivity contribution in [2.75, 3.05) is 27.3 Å². The Bertz CT molecular complexity index is 1120. The van der Waals surface area contributed by atoms with Crippen LogP contribution in [0.3, 0.4) is 0 Å². The highest BCUT2D eigenvalue weighted by molar-refractivity contribution is 5.84. The molecule has 0 bridgehead atoms. The molecule has 0 atom stereocenters. The van der Waals surface area contributed by atoms with Gasteiger partial charge >= 0.3 is 0 Å². The number of aromatic nitrogens is 4. The highest BCUT2D eigenvalue weighted by Crippen LogP contribution is 2.30. The van der Waals surface area contributed by atoms with Gasteiger partial charge in [0.15, 0.2) is 11.5 Å². The number of nitrogens with one attached hydrogen (secondary N) is 1. The van der Waals surface area contributed by atoms with E-state index in [1.54, 1.807) is 32.4 Å². The lowest BCUT2D eigenvalue weighted by atomic mass is 10.1. The van der Waals surface area contributed by atoms with Gasteiger partial charge in [0.05, 0.1) is 20.8 Å². The van der Waals surface area contributed by atoms with Gasteiger partial charge in [-0.05, 0) is 41.3 Å². The number of carbonyl (C=O) groups is 2. The summed E-state index contributed by atoms with van der Waals surface area (Å²) in [6.45, 7) is 4.87. The van der Waals surface area contributed by atoms with Gasteiger partial charge in [0.2, 0.25) is 17.6 Å². The molecule has 0 fully saturated rings. The van der Waals surface area contributed by atoms with Crippen LogP contribution in [0.15, 0.2) is 48.5 Å². The van der Waals surface area contributed by atoms with Crippen LogP contribution in [0, 0.1) is 5.92 Å². The van der Waals surface area contributed by atoms with Crippen molar-refractivity contribution in [2.24, 2.45) is 5.92 Å². The zero-order valence-corrected chi connectivity index (χ0v) is 20.6. The van der Waals surface area contributed by atoms with Crippen molar-refractivity contribution in [1.82, 2.24) is 30.4 Å². The van der Waals surface area contributed by atoms with Crippen LogP contribution in [0.5, 0.6) is 11.5 Å². The van der Waals surface area contributed by atoms with Gasteiger partial charge in [-0.1, -0.05) is 44.2 Å². The third kappa shape index (κ3) is 7.53. The lowest BCUT2D eigenvalue weighted by Gasteiger charge is -2.22. The van der Waals surface area contributed by atoms with Crippen molar-refractivity contribution in [1.29, 1.82) is 0 Å². The zero-order valence-electron chi connectivity index (χ0n) is 20.6. The maximum Gasteiger partial charge on any atom is 0.247 e. The lowest BCUT2D eigenvalue weighted by Crippen LogP contribution is -2.42. The summed E-state index contributed by atoms with van der Waals surface area (Å²) in [5.41, 5.74) is 1.60. The topological polar surface area (TPSA) is 111 Å². The Hall–Kier alpha value is -3.95. The predicted molar refractivity (Wildman–Crippen MR) is 131 cm³/mol. The maximum atomic E-state index is 13.1. The van der Waals surface area contributed by atoms with Gasteiger partial charge in [-0.25, -0.2) is 0 Å². The second-order valence-corrected chi connectivity index (χ2v) is 8.48. The zero-order chi connectivity index (χ0) is 25.2. The molecule has 0 aliphatic rings. The molecule has 0 radical (unpaired) electrons. The van der Waals surface area contributed by atoms with Crippen LogP contribution >= 0.6 is 0 Å². The number of carbonyl (C=O) groups excluding carboxylic acids is 2. The number of benzene rings is 2. The summed E-state index contributed by atoms with van der Waals surface area (Å²) in [5, 5.41) is 15.3. The van der Waals surface area contributed by atoms with E-state index in [4.69, 9.17) is 9.47 Å². The Balaban J connectivity index is 1.71. The van der Waals surface area contributed by atoms with Crippen LogP contribution < -0.4 is 14.8 Å². The summed E-state index contributed by atoms with van der Waals surface area (Å²) in [5.74, 6) is 1.46. The van der Waals surface area contributed by atoms with Crippen LogP contribution in [-0.4, -0.2) is 64.2 Å². The quantitative estimate of drug-likeness (QED) is 0.424. The fourth-order valence-corrected chi connectivity index (χ4v) is 3.39. The molecular formula is C25H32N6O4. The van der Waals surface area contributed by atoms with E-state index in [1.165, 1.54) is 9.70 Å². The Morgan fingerprint density at radius 3 is 2.49 bits per heavy atom. The Kier molecular flexibility index (Phi) is 9.16. The first kappa shape index (κ1) is 25.7. The summed E-state index contributed by atoms with van der Waals surface area (Å²) in [6.07, 6.45) is 0.875. The molecule has 1 N–H and O–H groups in total. The summed E-state index contributed by atoms with van der Waals surface area (Å²) < 4.78 is 10.6. The van der Waals surface area contributed by atoms with E-state index in [1.807, 2.05) is 30.3 Å². The summed E-state index contributed by atoms with van der Waals surface area (Å²) in [6, 6.07) is 14.8. The van der Waals surface area contributed by atoms with Gasteiger partial charge < -0.3 is 19.7 Å². The molecule has 10 heteroatoms. The molecular weight excluding hydrogens is 448 g/mol. The molecule has 0 aliphatic heterocycles. The molecule has 3 rings (SSSR count). The molecule has 3 aromatic rings. The second kappa shape index (κ2) is 12.5. The van der Waals surface area contributed by atoms with E-state index < -0.39 is 0 Å². The van der Waals surface area contributed by atoms with Crippen molar-refractivity contribution in [3.63, 3.8) is 0 Å². The molecule has 35 heavy (non-hydrogen) atoms. The molecule has 1 aromatic heterocycles. The van der Waals surface area contributed by atoms with Crippen molar-refractivity contribution >= 4 is 11.8 Å².